The minimum atomic E-state index is 0.708. The molecule has 2 aromatic rings. The number of pyridine rings is 1. The van der Waals surface area contributed by atoms with E-state index in [-0.39, 0.29) is 0 Å². The zero-order chi connectivity index (χ0) is 14.9. The fourth-order valence-corrected chi connectivity index (χ4v) is 3.57. The van der Waals surface area contributed by atoms with E-state index in [1.807, 2.05) is 6.07 Å². The SMILES string of the molecule is Clc1cnc2[nH]c3c(c2c1)CN(CCN1CCOCC1)CC3. The number of hydrogen-bond acceptors (Lipinski definition) is 4. The highest BCUT2D eigenvalue weighted by Crippen LogP contribution is 2.28. The monoisotopic (exact) mass is 320 g/mol. The third kappa shape index (κ3) is 2.86. The van der Waals surface area contributed by atoms with Crippen molar-refractivity contribution in [3.8, 4) is 0 Å². The predicted molar refractivity (Wildman–Crippen MR) is 87.3 cm³/mol. The maximum absolute atomic E-state index is 6.11. The van der Waals surface area contributed by atoms with Gasteiger partial charge in [-0.2, -0.15) is 0 Å². The Labute approximate surface area is 135 Å². The Hall–Kier alpha value is -1.14. The van der Waals surface area contributed by atoms with Crippen LogP contribution in [-0.4, -0.2) is 65.7 Å². The van der Waals surface area contributed by atoms with Crippen molar-refractivity contribution in [3.05, 3.63) is 28.5 Å². The quantitative estimate of drug-likeness (QED) is 0.938. The van der Waals surface area contributed by atoms with E-state index in [1.165, 1.54) is 16.6 Å². The van der Waals surface area contributed by atoms with Crippen molar-refractivity contribution in [2.75, 3.05) is 45.9 Å². The highest BCUT2D eigenvalue weighted by atomic mass is 35.5. The fraction of sp³-hybridized carbons (Fsp3) is 0.562. The summed E-state index contributed by atoms with van der Waals surface area (Å²) in [5, 5.41) is 1.89. The fourth-order valence-electron chi connectivity index (χ4n) is 3.41. The summed E-state index contributed by atoms with van der Waals surface area (Å²) < 4.78 is 5.41. The number of rotatable bonds is 3. The molecule has 22 heavy (non-hydrogen) atoms. The van der Waals surface area contributed by atoms with Crippen LogP contribution in [0.2, 0.25) is 5.02 Å². The van der Waals surface area contributed by atoms with E-state index in [0.29, 0.717) is 5.02 Å². The number of aromatic amines is 1. The number of fused-ring (bicyclic) bond motifs is 3. The molecule has 1 N–H and O–H groups in total. The molecule has 0 radical (unpaired) electrons. The average Bonchev–Trinajstić information content (AvgIpc) is 2.91. The number of aromatic nitrogens is 2. The Morgan fingerprint density at radius 1 is 1.18 bits per heavy atom. The standard InChI is InChI=1S/C16H21ClN4O/c17-12-9-13-14-11-21(4-3-20-5-7-22-8-6-20)2-1-15(14)19-16(13)18-10-12/h9-10H,1-8,11H2,(H,18,19). The summed E-state index contributed by atoms with van der Waals surface area (Å²) in [6.07, 6.45) is 2.77. The molecular formula is C16H21ClN4O. The molecule has 0 unspecified atom stereocenters. The lowest BCUT2D eigenvalue weighted by Gasteiger charge is -2.31. The van der Waals surface area contributed by atoms with Gasteiger partial charge in [-0.1, -0.05) is 11.6 Å². The Balaban J connectivity index is 1.46. The molecule has 0 atom stereocenters. The third-order valence-corrected chi connectivity index (χ3v) is 4.92. The summed E-state index contributed by atoms with van der Waals surface area (Å²) in [5.41, 5.74) is 3.66. The number of nitrogens with zero attached hydrogens (tertiary/aromatic N) is 3. The van der Waals surface area contributed by atoms with Crippen molar-refractivity contribution in [1.82, 2.24) is 19.8 Å². The third-order valence-electron chi connectivity index (χ3n) is 4.71. The van der Waals surface area contributed by atoms with Crippen LogP contribution in [-0.2, 0) is 17.7 Å². The van der Waals surface area contributed by atoms with Crippen molar-refractivity contribution in [2.45, 2.75) is 13.0 Å². The summed E-state index contributed by atoms with van der Waals surface area (Å²) in [7, 11) is 0. The number of nitrogens with one attached hydrogen (secondary N) is 1. The molecule has 0 bridgehead atoms. The largest absolute Gasteiger partial charge is 0.379 e. The van der Waals surface area contributed by atoms with Gasteiger partial charge in [-0.15, -0.1) is 0 Å². The molecule has 2 aliphatic rings. The minimum Gasteiger partial charge on any atom is -0.379 e. The van der Waals surface area contributed by atoms with Crippen molar-refractivity contribution >= 4 is 22.6 Å². The Kier molecular flexibility index (Phi) is 4.05. The van der Waals surface area contributed by atoms with Crippen LogP contribution in [0.1, 0.15) is 11.3 Å². The summed E-state index contributed by atoms with van der Waals surface area (Å²) >= 11 is 6.11. The second-order valence-electron chi connectivity index (χ2n) is 6.11. The molecule has 118 valence electrons. The second-order valence-corrected chi connectivity index (χ2v) is 6.55. The summed E-state index contributed by atoms with van der Waals surface area (Å²) in [4.78, 5) is 12.9. The first-order valence-electron chi connectivity index (χ1n) is 7.97. The number of morpholine rings is 1. The van der Waals surface area contributed by atoms with E-state index in [2.05, 4.69) is 19.8 Å². The Morgan fingerprint density at radius 3 is 2.86 bits per heavy atom. The molecule has 4 rings (SSSR count). The van der Waals surface area contributed by atoms with Crippen LogP contribution in [0.4, 0.5) is 0 Å². The minimum absolute atomic E-state index is 0.708. The van der Waals surface area contributed by atoms with Crippen LogP contribution in [0, 0.1) is 0 Å². The molecule has 2 aromatic heterocycles. The van der Waals surface area contributed by atoms with Gasteiger partial charge >= 0.3 is 0 Å². The van der Waals surface area contributed by atoms with Crippen LogP contribution in [0.15, 0.2) is 12.3 Å². The van der Waals surface area contributed by atoms with Crippen LogP contribution in [0.5, 0.6) is 0 Å². The van der Waals surface area contributed by atoms with E-state index >= 15 is 0 Å². The predicted octanol–water partition coefficient (Wildman–Crippen LogP) is 1.91. The highest BCUT2D eigenvalue weighted by molar-refractivity contribution is 6.31. The lowest BCUT2D eigenvalue weighted by molar-refractivity contribution is 0.0327. The van der Waals surface area contributed by atoms with Gasteiger partial charge in [-0.3, -0.25) is 9.80 Å². The van der Waals surface area contributed by atoms with Crippen molar-refractivity contribution < 1.29 is 4.74 Å². The summed E-state index contributed by atoms with van der Waals surface area (Å²) in [6, 6.07) is 2.03. The molecule has 4 heterocycles. The first kappa shape index (κ1) is 14.5. The van der Waals surface area contributed by atoms with Crippen LogP contribution < -0.4 is 0 Å². The zero-order valence-corrected chi connectivity index (χ0v) is 13.4. The Bertz CT molecular complexity index is 665. The molecule has 5 nitrogen and oxygen atoms in total. The van der Waals surface area contributed by atoms with Crippen molar-refractivity contribution in [3.63, 3.8) is 0 Å². The molecule has 2 aliphatic heterocycles. The zero-order valence-electron chi connectivity index (χ0n) is 12.6. The number of hydrogen-bond donors (Lipinski definition) is 1. The molecule has 0 spiro atoms. The maximum Gasteiger partial charge on any atom is 0.137 e. The molecular weight excluding hydrogens is 300 g/mol. The van der Waals surface area contributed by atoms with E-state index < -0.39 is 0 Å². The van der Waals surface area contributed by atoms with Gasteiger partial charge in [0.2, 0.25) is 0 Å². The van der Waals surface area contributed by atoms with Gasteiger partial charge in [0, 0.05) is 63.0 Å². The number of halogens is 1. The highest BCUT2D eigenvalue weighted by Gasteiger charge is 2.22. The first-order valence-corrected chi connectivity index (χ1v) is 8.35. The molecule has 0 aliphatic carbocycles. The van der Waals surface area contributed by atoms with E-state index in [0.717, 1.165) is 64.6 Å². The van der Waals surface area contributed by atoms with Gasteiger partial charge in [0.05, 0.1) is 18.2 Å². The molecule has 1 fully saturated rings. The Morgan fingerprint density at radius 2 is 2.00 bits per heavy atom. The number of H-pyrrole nitrogens is 1. The normalized spacial score (nSPS) is 20.4. The molecule has 0 aromatic carbocycles. The van der Waals surface area contributed by atoms with Gasteiger partial charge in [-0.05, 0) is 11.6 Å². The molecule has 0 amide bonds. The smallest absolute Gasteiger partial charge is 0.137 e. The summed E-state index contributed by atoms with van der Waals surface area (Å²) in [6.45, 7) is 8.20. The maximum atomic E-state index is 6.11. The second kappa shape index (κ2) is 6.16. The van der Waals surface area contributed by atoms with Crippen molar-refractivity contribution in [1.29, 1.82) is 0 Å². The van der Waals surface area contributed by atoms with Crippen LogP contribution >= 0.6 is 11.6 Å². The lowest BCUT2D eigenvalue weighted by atomic mass is 10.1. The first-order chi connectivity index (χ1) is 10.8. The van der Waals surface area contributed by atoms with Crippen molar-refractivity contribution in [2.24, 2.45) is 0 Å². The van der Waals surface area contributed by atoms with Crippen LogP contribution in [0.25, 0.3) is 11.0 Å². The average molecular weight is 321 g/mol. The van der Waals surface area contributed by atoms with Crippen LogP contribution in [0.3, 0.4) is 0 Å². The van der Waals surface area contributed by atoms with Gasteiger partial charge in [0.25, 0.3) is 0 Å². The number of ether oxygens (including phenoxy) is 1. The topological polar surface area (TPSA) is 44.4 Å². The lowest BCUT2D eigenvalue weighted by Crippen LogP contribution is -2.42. The molecule has 1 saturated heterocycles. The molecule has 0 saturated carbocycles. The van der Waals surface area contributed by atoms with E-state index in [4.69, 9.17) is 16.3 Å². The van der Waals surface area contributed by atoms with E-state index in [1.54, 1.807) is 6.20 Å². The summed E-state index contributed by atoms with van der Waals surface area (Å²) in [5.74, 6) is 0. The van der Waals surface area contributed by atoms with Gasteiger partial charge in [0.1, 0.15) is 5.65 Å². The van der Waals surface area contributed by atoms with E-state index in [9.17, 15) is 0 Å². The van der Waals surface area contributed by atoms with Gasteiger partial charge < -0.3 is 9.72 Å². The van der Waals surface area contributed by atoms with Gasteiger partial charge in [-0.25, -0.2) is 4.98 Å². The molecule has 6 heteroatoms. The van der Waals surface area contributed by atoms with Gasteiger partial charge in [0.15, 0.2) is 0 Å².